The number of anilines is 2. The number of nitrogens with zero attached hydrogens (tertiary/aromatic N) is 2. The summed E-state index contributed by atoms with van der Waals surface area (Å²) in [7, 11) is 0. The van der Waals surface area contributed by atoms with Crippen molar-refractivity contribution in [3.63, 3.8) is 0 Å². The Balaban J connectivity index is 2.01. The van der Waals surface area contributed by atoms with E-state index in [4.69, 9.17) is 5.73 Å². The SMILES string of the molecule is Cc1cnccc1NC(=O)Cc1ccc(N)cn1. The van der Waals surface area contributed by atoms with Gasteiger partial charge >= 0.3 is 0 Å². The molecule has 3 N–H and O–H groups in total. The Morgan fingerprint density at radius 3 is 2.83 bits per heavy atom. The molecule has 0 atom stereocenters. The number of aromatic nitrogens is 2. The number of hydrogen-bond acceptors (Lipinski definition) is 4. The van der Waals surface area contributed by atoms with Crippen LogP contribution in [0.3, 0.4) is 0 Å². The fraction of sp³-hybridized carbons (Fsp3) is 0.154. The second kappa shape index (κ2) is 5.27. The minimum absolute atomic E-state index is 0.110. The first-order valence-corrected chi connectivity index (χ1v) is 5.56. The van der Waals surface area contributed by atoms with Crippen LogP contribution in [0.4, 0.5) is 11.4 Å². The number of aryl methyl sites for hydroxylation is 1. The van der Waals surface area contributed by atoms with Gasteiger partial charge in [0.2, 0.25) is 5.91 Å². The number of carbonyl (C=O) groups excluding carboxylic acids is 1. The third-order valence-electron chi connectivity index (χ3n) is 2.48. The molecule has 92 valence electrons. The van der Waals surface area contributed by atoms with Gasteiger partial charge in [0, 0.05) is 23.8 Å². The lowest BCUT2D eigenvalue weighted by Gasteiger charge is -2.07. The van der Waals surface area contributed by atoms with Gasteiger partial charge in [-0.2, -0.15) is 0 Å². The maximum absolute atomic E-state index is 11.8. The number of nitrogens with two attached hydrogens (primary N) is 1. The van der Waals surface area contributed by atoms with E-state index < -0.39 is 0 Å². The molecule has 0 radical (unpaired) electrons. The molecule has 0 saturated carbocycles. The highest BCUT2D eigenvalue weighted by Crippen LogP contribution is 2.12. The number of carbonyl (C=O) groups is 1. The summed E-state index contributed by atoms with van der Waals surface area (Å²) in [5.74, 6) is -0.110. The van der Waals surface area contributed by atoms with Crippen LogP contribution < -0.4 is 11.1 Å². The van der Waals surface area contributed by atoms with Gasteiger partial charge in [-0.25, -0.2) is 0 Å². The summed E-state index contributed by atoms with van der Waals surface area (Å²) in [5, 5.41) is 2.82. The maximum atomic E-state index is 11.8. The molecule has 0 aliphatic heterocycles. The highest BCUT2D eigenvalue weighted by Gasteiger charge is 2.06. The highest BCUT2D eigenvalue weighted by molar-refractivity contribution is 5.92. The summed E-state index contributed by atoms with van der Waals surface area (Å²) in [6.07, 6.45) is 5.11. The minimum Gasteiger partial charge on any atom is -0.397 e. The molecule has 5 nitrogen and oxygen atoms in total. The predicted molar refractivity (Wildman–Crippen MR) is 70.0 cm³/mol. The second-order valence-electron chi connectivity index (χ2n) is 4.00. The van der Waals surface area contributed by atoms with Crippen molar-refractivity contribution in [2.24, 2.45) is 0 Å². The van der Waals surface area contributed by atoms with Gasteiger partial charge in [-0.1, -0.05) is 0 Å². The smallest absolute Gasteiger partial charge is 0.230 e. The van der Waals surface area contributed by atoms with Crippen molar-refractivity contribution in [2.45, 2.75) is 13.3 Å². The van der Waals surface area contributed by atoms with Gasteiger partial charge in [0.15, 0.2) is 0 Å². The van der Waals surface area contributed by atoms with Crippen LogP contribution in [0, 0.1) is 6.92 Å². The number of nitrogens with one attached hydrogen (secondary N) is 1. The van der Waals surface area contributed by atoms with E-state index in [1.807, 2.05) is 6.92 Å². The monoisotopic (exact) mass is 242 g/mol. The van der Waals surface area contributed by atoms with Crippen molar-refractivity contribution < 1.29 is 4.79 Å². The first kappa shape index (κ1) is 12.0. The average molecular weight is 242 g/mol. The molecule has 0 spiro atoms. The lowest BCUT2D eigenvalue weighted by molar-refractivity contribution is -0.115. The predicted octanol–water partition coefficient (Wildman–Crippen LogP) is 1.55. The van der Waals surface area contributed by atoms with Crippen LogP contribution in [0.25, 0.3) is 0 Å². The molecule has 1 amide bonds. The van der Waals surface area contributed by atoms with Crippen LogP contribution in [0.1, 0.15) is 11.3 Å². The van der Waals surface area contributed by atoms with Crippen LogP contribution in [-0.4, -0.2) is 15.9 Å². The molecular weight excluding hydrogens is 228 g/mol. The van der Waals surface area contributed by atoms with Crippen molar-refractivity contribution in [1.82, 2.24) is 9.97 Å². The topological polar surface area (TPSA) is 80.9 Å². The summed E-state index contributed by atoms with van der Waals surface area (Å²) in [4.78, 5) is 19.9. The van der Waals surface area contributed by atoms with Gasteiger partial charge in [-0.3, -0.25) is 14.8 Å². The molecule has 0 fully saturated rings. The van der Waals surface area contributed by atoms with E-state index in [9.17, 15) is 4.79 Å². The zero-order valence-corrected chi connectivity index (χ0v) is 10.1. The van der Waals surface area contributed by atoms with Crippen molar-refractivity contribution in [3.8, 4) is 0 Å². The van der Waals surface area contributed by atoms with E-state index in [2.05, 4.69) is 15.3 Å². The number of nitrogen functional groups attached to an aromatic ring is 1. The molecule has 2 heterocycles. The molecular formula is C13H14N4O. The Hall–Kier alpha value is -2.43. The maximum Gasteiger partial charge on any atom is 0.230 e. The van der Waals surface area contributed by atoms with Crippen LogP contribution >= 0.6 is 0 Å². The van der Waals surface area contributed by atoms with Gasteiger partial charge in [0.05, 0.1) is 18.3 Å². The quantitative estimate of drug-likeness (QED) is 0.855. The Morgan fingerprint density at radius 1 is 1.33 bits per heavy atom. The van der Waals surface area contributed by atoms with E-state index in [-0.39, 0.29) is 12.3 Å². The molecule has 0 aliphatic rings. The number of amides is 1. The van der Waals surface area contributed by atoms with Gasteiger partial charge < -0.3 is 11.1 Å². The number of rotatable bonds is 3. The van der Waals surface area contributed by atoms with Crippen LogP contribution in [0.2, 0.25) is 0 Å². The standard InChI is InChI=1S/C13H14N4O/c1-9-7-15-5-4-12(9)17-13(18)6-11-3-2-10(14)8-16-11/h2-5,7-8H,6,14H2,1H3,(H,15,17,18). The molecule has 2 aromatic rings. The Morgan fingerprint density at radius 2 is 2.17 bits per heavy atom. The van der Waals surface area contributed by atoms with Gasteiger partial charge in [-0.05, 0) is 30.7 Å². The van der Waals surface area contributed by atoms with Gasteiger partial charge in [-0.15, -0.1) is 0 Å². The largest absolute Gasteiger partial charge is 0.397 e. The van der Waals surface area contributed by atoms with Crippen LogP contribution in [0.5, 0.6) is 0 Å². The second-order valence-corrected chi connectivity index (χ2v) is 4.00. The summed E-state index contributed by atoms with van der Waals surface area (Å²) in [6, 6.07) is 5.24. The normalized spacial score (nSPS) is 10.1. The summed E-state index contributed by atoms with van der Waals surface area (Å²) < 4.78 is 0. The zero-order valence-electron chi connectivity index (χ0n) is 10.1. The van der Waals surface area contributed by atoms with E-state index >= 15 is 0 Å². The first-order chi connectivity index (χ1) is 8.65. The third kappa shape index (κ3) is 3.04. The zero-order chi connectivity index (χ0) is 13.0. The van der Waals surface area contributed by atoms with Gasteiger partial charge in [0.25, 0.3) is 0 Å². The van der Waals surface area contributed by atoms with E-state index in [1.54, 1.807) is 36.8 Å². The molecule has 0 aromatic carbocycles. The fourth-order valence-electron chi connectivity index (χ4n) is 1.51. The fourth-order valence-corrected chi connectivity index (χ4v) is 1.51. The third-order valence-corrected chi connectivity index (χ3v) is 2.48. The molecule has 0 bridgehead atoms. The van der Waals surface area contributed by atoms with E-state index in [1.165, 1.54) is 0 Å². The molecule has 0 unspecified atom stereocenters. The highest BCUT2D eigenvalue weighted by atomic mass is 16.1. The number of hydrogen-bond donors (Lipinski definition) is 2. The summed E-state index contributed by atoms with van der Waals surface area (Å²) in [5.41, 5.74) is 8.50. The number of pyridine rings is 2. The molecule has 18 heavy (non-hydrogen) atoms. The first-order valence-electron chi connectivity index (χ1n) is 5.56. The molecule has 0 saturated heterocycles. The summed E-state index contributed by atoms with van der Waals surface area (Å²) >= 11 is 0. The average Bonchev–Trinajstić information content (AvgIpc) is 2.35. The lowest BCUT2D eigenvalue weighted by Crippen LogP contribution is -2.15. The summed E-state index contributed by atoms with van der Waals surface area (Å²) in [6.45, 7) is 1.89. The molecule has 2 aromatic heterocycles. The van der Waals surface area contributed by atoms with E-state index in [0.717, 1.165) is 11.3 Å². The Bertz CT molecular complexity index is 551. The Kier molecular flexibility index (Phi) is 3.52. The van der Waals surface area contributed by atoms with Crippen LogP contribution in [-0.2, 0) is 11.2 Å². The molecule has 0 aliphatic carbocycles. The van der Waals surface area contributed by atoms with Crippen LogP contribution in [0.15, 0.2) is 36.8 Å². The lowest BCUT2D eigenvalue weighted by atomic mass is 10.2. The van der Waals surface area contributed by atoms with E-state index in [0.29, 0.717) is 11.4 Å². The minimum atomic E-state index is -0.110. The molecule has 2 rings (SSSR count). The van der Waals surface area contributed by atoms with Crippen molar-refractivity contribution in [2.75, 3.05) is 11.1 Å². The van der Waals surface area contributed by atoms with Crippen molar-refractivity contribution in [1.29, 1.82) is 0 Å². The van der Waals surface area contributed by atoms with Crippen molar-refractivity contribution in [3.05, 3.63) is 48.0 Å². The van der Waals surface area contributed by atoms with Gasteiger partial charge in [0.1, 0.15) is 0 Å². The Labute approximate surface area is 105 Å². The van der Waals surface area contributed by atoms with Crippen molar-refractivity contribution >= 4 is 17.3 Å². The molecule has 5 heteroatoms.